The number of methoxy groups -OCH3 is 1. The molecule has 27 heavy (non-hydrogen) atoms. The molecule has 7 nitrogen and oxygen atoms in total. The number of piperidine rings is 1. The molecular weight excluding hydrogens is 461 g/mol. The monoisotopic (exact) mass is 493 g/mol. The number of hydrogen-bond acceptors (Lipinski definition) is 5. The SMILES string of the molecule is CCOCCCN=C(NCCc1ccco1)N1CCC(C(=O)OC)CC1.I. The Bertz CT molecular complexity index is 543. The minimum atomic E-state index is -0.106. The first-order valence-corrected chi connectivity index (χ1v) is 9.45. The summed E-state index contributed by atoms with van der Waals surface area (Å²) in [7, 11) is 1.45. The maximum absolute atomic E-state index is 11.7. The number of hydrogen-bond donors (Lipinski definition) is 1. The number of aliphatic imine (C=N–C) groups is 1. The zero-order valence-corrected chi connectivity index (χ0v) is 18.6. The summed E-state index contributed by atoms with van der Waals surface area (Å²) in [5, 5.41) is 3.44. The molecule has 2 heterocycles. The lowest BCUT2D eigenvalue weighted by atomic mass is 9.97. The van der Waals surface area contributed by atoms with Crippen LogP contribution in [0.25, 0.3) is 0 Å². The summed E-state index contributed by atoms with van der Waals surface area (Å²) in [5.74, 6) is 1.75. The molecule has 1 fully saturated rings. The van der Waals surface area contributed by atoms with Gasteiger partial charge < -0.3 is 24.1 Å². The Labute approximate surface area is 178 Å². The number of nitrogens with one attached hydrogen (secondary N) is 1. The quantitative estimate of drug-likeness (QED) is 0.188. The molecule has 0 amide bonds. The summed E-state index contributed by atoms with van der Waals surface area (Å²) >= 11 is 0. The van der Waals surface area contributed by atoms with Gasteiger partial charge in [0.05, 0.1) is 19.3 Å². The number of esters is 1. The fourth-order valence-corrected chi connectivity index (χ4v) is 3.01. The third-order valence-electron chi connectivity index (χ3n) is 4.48. The minimum Gasteiger partial charge on any atom is -0.469 e. The first kappa shape index (κ1) is 23.7. The fourth-order valence-electron chi connectivity index (χ4n) is 3.01. The Hall–Kier alpha value is -1.29. The smallest absolute Gasteiger partial charge is 0.308 e. The summed E-state index contributed by atoms with van der Waals surface area (Å²) in [5.41, 5.74) is 0. The molecule has 0 spiro atoms. The van der Waals surface area contributed by atoms with E-state index in [0.29, 0.717) is 0 Å². The van der Waals surface area contributed by atoms with Crippen LogP contribution >= 0.6 is 24.0 Å². The van der Waals surface area contributed by atoms with Gasteiger partial charge in [-0.05, 0) is 38.3 Å². The normalized spacial score (nSPS) is 15.3. The van der Waals surface area contributed by atoms with Gasteiger partial charge in [-0.3, -0.25) is 9.79 Å². The number of ether oxygens (including phenoxy) is 2. The van der Waals surface area contributed by atoms with Gasteiger partial charge in [-0.15, -0.1) is 24.0 Å². The van der Waals surface area contributed by atoms with Crippen LogP contribution in [0.3, 0.4) is 0 Å². The molecule has 1 N–H and O–H groups in total. The van der Waals surface area contributed by atoms with Gasteiger partial charge in [0.15, 0.2) is 5.96 Å². The van der Waals surface area contributed by atoms with E-state index < -0.39 is 0 Å². The lowest BCUT2D eigenvalue weighted by molar-refractivity contribution is -0.146. The molecule has 0 radical (unpaired) electrons. The molecule has 1 saturated heterocycles. The highest BCUT2D eigenvalue weighted by Crippen LogP contribution is 2.18. The third kappa shape index (κ3) is 8.50. The minimum absolute atomic E-state index is 0. The van der Waals surface area contributed by atoms with Crippen LogP contribution in [0.5, 0.6) is 0 Å². The zero-order valence-electron chi connectivity index (χ0n) is 16.3. The van der Waals surface area contributed by atoms with Crippen molar-refractivity contribution in [3.05, 3.63) is 24.2 Å². The first-order chi connectivity index (χ1) is 12.7. The van der Waals surface area contributed by atoms with E-state index in [-0.39, 0.29) is 35.9 Å². The number of carbonyl (C=O) groups excluding carboxylic acids is 1. The molecular formula is C19H32IN3O4. The van der Waals surface area contributed by atoms with Crippen LogP contribution in [0.15, 0.2) is 27.8 Å². The highest BCUT2D eigenvalue weighted by atomic mass is 127. The summed E-state index contributed by atoms with van der Waals surface area (Å²) in [6.45, 7) is 6.55. The lowest BCUT2D eigenvalue weighted by Gasteiger charge is -2.33. The summed E-state index contributed by atoms with van der Waals surface area (Å²) < 4.78 is 15.6. The van der Waals surface area contributed by atoms with E-state index in [9.17, 15) is 4.79 Å². The van der Waals surface area contributed by atoms with Crippen LogP contribution in [0.2, 0.25) is 0 Å². The predicted octanol–water partition coefficient (Wildman–Crippen LogP) is 2.70. The van der Waals surface area contributed by atoms with Gasteiger partial charge in [0.2, 0.25) is 0 Å². The molecule has 0 aliphatic carbocycles. The van der Waals surface area contributed by atoms with Crippen molar-refractivity contribution in [2.45, 2.75) is 32.6 Å². The van der Waals surface area contributed by atoms with Gasteiger partial charge in [0.25, 0.3) is 0 Å². The van der Waals surface area contributed by atoms with Crippen LogP contribution in [0.4, 0.5) is 0 Å². The van der Waals surface area contributed by atoms with Gasteiger partial charge in [0, 0.05) is 45.8 Å². The number of furan rings is 1. The summed E-state index contributed by atoms with van der Waals surface area (Å²) in [6, 6.07) is 3.87. The zero-order chi connectivity index (χ0) is 18.6. The van der Waals surface area contributed by atoms with Crippen molar-refractivity contribution in [3.8, 4) is 0 Å². The topological polar surface area (TPSA) is 76.3 Å². The van der Waals surface area contributed by atoms with Crippen molar-refractivity contribution < 1.29 is 18.7 Å². The van der Waals surface area contributed by atoms with Gasteiger partial charge in [-0.2, -0.15) is 0 Å². The largest absolute Gasteiger partial charge is 0.469 e. The van der Waals surface area contributed by atoms with E-state index >= 15 is 0 Å². The van der Waals surface area contributed by atoms with Gasteiger partial charge in [0.1, 0.15) is 5.76 Å². The standard InChI is InChI=1S/C19H31N3O4.HI/c1-3-25-14-5-10-20-19(21-11-7-17-6-4-15-26-17)22-12-8-16(9-13-22)18(23)24-2;/h4,6,15-16H,3,5,7-14H2,1-2H3,(H,20,21);1H. The van der Waals surface area contributed by atoms with E-state index in [1.807, 2.05) is 19.1 Å². The molecule has 1 aromatic heterocycles. The van der Waals surface area contributed by atoms with Crippen LogP contribution in [-0.4, -0.2) is 63.3 Å². The Balaban J connectivity index is 0.00000364. The molecule has 154 valence electrons. The Morgan fingerprint density at radius 1 is 1.41 bits per heavy atom. The molecule has 2 rings (SSSR count). The first-order valence-electron chi connectivity index (χ1n) is 9.45. The molecule has 0 aromatic carbocycles. The van der Waals surface area contributed by atoms with Crippen LogP contribution in [0, 0.1) is 5.92 Å². The second-order valence-electron chi connectivity index (χ2n) is 6.30. The maximum Gasteiger partial charge on any atom is 0.308 e. The molecule has 1 aromatic rings. The maximum atomic E-state index is 11.7. The van der Waals surface area contributed by atoms with Gasteiger partial charge in [-0.25, -0.2) is 0 Å². The lowest BCUT2D eigenvalue weighted by Crippen LogP contribution is -2.47. The second-order valence-corrected chi connectivity index (χ2v) is 6.30. The Kier molecular flexibility index (Phi) is 12.2. The van der Waals surface area contributed by atoms with E-state index in [0.717, 1.165) is 76.8 Å². The van der Waals surface area contributed by atoms with Crippen molar-refractivity contribution in [3.63, 3.8) is 0 Å². The van der Waals surface area contributed by atoms with Crippen molar-refractivity contribution in [2.75, 3.05) is 46.5 Å². The summed E-state index contributed by atoms with van der Waals surface area (Å²) in [6.07, 6.45) is 4.99. The number of halogens is 1. The molecule has 0 unspecified atom stereocenters. The Morgan fingerprint density at radius 2 is 2.19 bits per heavy atom. The van der Waals surface area contributed by atoms with Crippen molar-refractivity contribution in [1.29, 1.82) is 0 Å². The number of guanidine groups is 1. The number of nitrogens with zero attached hydrogens (tertiary/aromatic N) is 2. The second kappa shape index (κ2) is 13.8. The average molecular weight is 493 g/mol. The third-order valence-corrected chi connectivity index (χ3v) is 4.48. The van der Waals surface area contributed by atoms with E-state index in [1.165, 1.54) is 7.11 Å². The van der Waals surface area contributed by atoms with Crippen LogP contribution in [0.1, 0.15) is 31.9 Å². The van der Waals surface area contributed by atoms with Crippen molar-refractivity contribution in [1.82, 2.24) is 10.2 Å². The number of carbonyl (C=O) groups is 1. The molecule has 1 aliphatic rings. The van der Waals surface area contributed by atoms with Crippen molar-refractivity contribution >= 4 is 35.9 Å². The molecule has 0 atom stereocenters. The van der Waals surface area contributed by atoms with E-state index in [1.54, 1.807) is 6.26 Å². The van der Waals surface area contributed by atoms with E-state index in [2.05, 4.69) is 10.2 Å². The average Bonchev–Trinajstić information content (AvgIpc) is 3.19. The molecule has 8 heteroatoms. The van der Waals surface area contributed by atoms with Crippen LogP contribution < -0.4 is 5.32 Å². The highest BCUT2D eigenvalue weighted by Gasteiger charge is 2.27. The molecule has 1 aliphatic heterocycles. The van der Waals surface area contributed by atoms with Crippen LogP contribution in [-0.2, 0) is 20.7 Å². The van der Waals surface area contributed by atoms with Gasteiger partial charge in [-0.1, -0.05) is 0 Å². The summed E-state index contributed by atoms with van der Waals surface area (Å²) in [4.78, 5) is 18.7. The van der Waals surface area contributed by atoms with E-state index in [4.69, 9.17) is 18.9 Å². The fraction of sp³-hybridized carbons (Fsp3) is 0.684. The Morgan fingerprint density at radius 3 is 2.81 bits per heavy atom. The van der Waals surface area contributed by atoms with Gasteiger partial charge >= 0.3 is 5.97 Å². The number of rotatable bonds is 9. The van der Waals surface area contributed by atoms with Crippen molar-refractivity contribution in [2.24, 2.45) is 10.9 Å². The predicted molar refractivity (Wildman–Crippen MR) is 116 cm³/mol. The number of likely N-dealkylation sites (tertiary alicyclic amines) is 1. The highest BCUT2D eigenvalue weighted by molar-refractivity contribution is 14.0. The molecule has 0 saturated carbocycles. The molecule has 0 bridgehead atoms.